The molecular formula is C24H36F3NO5. The Morgan fingerprint density at radius 1 is 1.09 bits per heavy atom. The van der Waals surface area contributed by atoms with E-state index in [2.05, 4.69) is 30.7 Å². The van der Waals surface area contributed by atoms with Gasteiger partial charge in [0.25, 0.3) is 0 Å². The van der Waals surface area contributed by atoms with Crippen LogP contribution in [0.1, 0.15) is 109 Å². The SMILES string of the molecule is COC(=O)CCC(CC(=O)OC(C)(C)C)c1noc(C2CC(CC(C)(C)C)C2)c1C(F)(F)F. The Bertz CT molecular complexity index is 827. The highest BCUT2D eigenvalue weighted by molar-refractivity contribution is 5.72. The summed E-state index contributed by atoms with van der Waals surface area (Å²) in [4.78, 5) is 24.1. The summed E-state index contributed by atoms with van der Waals surface area (Å²) >= 11 is 0. The van der Waals surface area contributed by atoms with Crippen LogP contribution in [0.4, 0.5) is 13.2 Å². The molecule has 33 heavy (non-hydrogen) atoms. The molecule has 1 atom stereocenters. The van der Waals surface area contributed by atoms with Crippen LogP contribution < -0.4 is 0 Å². The molecular weight excluding hydrogens is 439 g/mol. The molecule has 1 fully saturated rings. The maximum Gasteiger partial charge on any atom is 0.421 e. The number of rotatable bonds is 8. The molecule has 1 aliphatic rings. The maximum atomic E-state index is 14.2. The van der Waals surface area contributed by atoms with E-state index in [9.17, 15) is 22.8 Å². The lowest BCUT2D eigenvalue weighted by molar-refractivity contribution is -0.156. The molecule has 0 spiro atoms. The van der Waals surface area contributed by atoms with E-state index in [0.717, 1.165) is 6.42 Å². The van der Waals surface area contributed by atoms with Gasteiger partial charge in [-0.1, -0.05) is 25.9 Å². The van der Waals surface area contributed by atoms with E-state index < -0.39 is 35.2 Å². The van der Waals surface area contributed by atoms with Gasteiger partial charge in [-0.15, -0.1) is 0 Å². The predicted octanol–water partition coefficient (Wildman–Crippen LogP) is 6.39. The Morgan fingerprint density at radius 3 is 2.18 bits per heavy atom. The number of halogens is 3. The average molecular weight is 476 g/mol. The van der Waals surface area contributed by atoms with Crippen LogP contribution in [0, 0.1) is 11.3 Å². The Morgan fingerprint density at radius 2 is 1.70 bits per heavy atom. The fourth-order valence-corrected chi connectivity index (χ4v) is 4.45. The van der Waals surface area contributed by atoms with Crippen molar-refractivity contribution < 1.29 is 36.8 Å². The number of esters is 2. The first-order valence-electron chi connectivity index (χ1n) is 11.4. The number of hydrogen-bond acceptors (Lipinski definition) is 6. The van der Waals surface area contributed by atoms with Gasteiger partial charge in [0.05, 0.1) is 19.2 Å². The molecule has 0 bridgehead atoms. The number of aromatic nitrogens is 1. The van der Waals surface area contributed by atoms with Crippen molar-refractivity contribution >= 4 is 11.9 Å². The number of methoxy groups -OCH3 is 1. The fraction of sp³-hybridized carbons (Fsp3) is 0.792. The third kappa shape index (κ3) is 8.03. The molecule has 0 aromatic carbocycles. The van der Waals surface area contributed by atoms with E-state index in [-0.39, 0.29) is 42.0 Å². The summed E-state index contributed by atoms with van der Waals surface area (Å²) < 4.78 is 57.7. The third-order valence-electron chi connectivity index (χ3n) is 5.68. The first kappa shape index (κ1) is 27.2. The van der Waals surface area contributed by atoms with Crippen LogP contribution in [0.3, 0.4) is 0 Å². The number of hydrogen-bond donors (Lipinski definition) is 0. The average Bonchev–Trinajstić information content (AvgIpc) is 3.03. The maximum absolute atomic E-state index is 14.2. The van der Waals surface area contributed by atoms with Gasteiger partial charge < -0.3 is 14.0 Å². The number of carbonyl (C=O) groups is 2. The molecule has 0 radical (unpaired) electrons. The molecule has 0 aliphatic heterocycles. The molecule has 1 saturated carbocycles. The van der Waals surface area contributed by atoms with Crippen LogP contribution >= 0.6 is 0 Å². The highest BCUT2D eigenvalue weighted by Crippen LogP contribution is 2.51. The highest BCUT2D eigenvalue weighted by atomic mass is 19.4. The molecule has 1 aromatic rings. The van der Waals surface area contributed by atoms with Crippen LogP contribution in [-0.4, -0.2) is 29.8 Å². The van der Waals surface area contributed by atoms with E-state index in [4.69, 9.17) is 9.26 Å². The Labute approximate surface area is 193 Å². The molecule has 1 aromatic heterocycles. The van der Waals surface area contributed by atoms with Gasteiger partial charge >= 0.3 is 18.1 Å². The Balaban J connectivity index is 2.32. The summed E-state index contributed by atoms with van der Waals surface area (Å²) in [5, 5.41) is 3.78. The van der Waals surface area contributed by atoms with Crippen molar-refractivity contribution in [2.24, 2.45) is 11.3 Å². The second kappa shape index (κ2) is 10.1. The highest BCUT2D eigenvalue weighted by Gasteiger charge is 2.47. The van der Waals surface area contributed by atoms with Gasteiger partial charge in [-0.3, -0.25) is 9.59 Å². The first-order valence-corrected chi connectivity index (χ1v) is 11.4. The van der Waals surface area contributed by atoms with E-state index >= 15 is 0 Å². The zero-order chi connectivity index (χ0) is 25.2. The molecule has 0 N–H and O–H groups in total. The number of alkyl halides is 3. The van der Waals surface area contributed by atoms with Crippen molar-refractivity contribution in [1.29, 1.82) is 0 Å². The van der Waals surface area contributed by atoms with E-state index in [0.29, 0.717) is 18.8 Å². The van der Waals surface area contributed by atoms with Crippen LogP contribution in [-0.2, 0) is 25.2 Å². The zero-order valence-electron chi connectivity index (χ0n) is 20.6. The van der Waals surface area contributed by atoms with Crippen LogP contribution in [0.2, 0.25) is 0 Å². The molecule has 2 rings (SSSR count). The summed E-state index contributed by atoms with van der Waals surface area (Å²) in [6.07, 6.45) is -3.11. The molecule has 1 heterocycles. The van der Waals surface area contributed by atoms with Crippen molar-refractivity contribution in [3.63, 3.8) is 0 Å². The minimum atomic E-state index is -4.70. The van der Waals surface area contributed by atoms with Gasteiger partial charge in [0.1, 0.15) is 11.2 Å². The third-order valence-corrected chi connectivity index (χ3v) is 5.68. The normalized spacial score (nSPS) is 20.2. The van der Waals surface area contributed by atoms with Crippen molar-refractivity contribution in [3.8, 4) is 0 Å². The first-order chi connectivity index (χ1) is 15.0. The van der Waals surface area contributed by atoms with Crippen molar-refractivity contribution in [2.45, 2.75) is 104 Å². The van der Waals surface area contributed by atoms with Crippen molar-refractivity contribution in [2.75, 3.05) is 7.11 Å². The minimum Gasteiger partial charge on any atom is -0.469 e. The van der Waals surface area contributed by atoms with E-state index in [1.807, 2.05) is 0 Å². The fourth-order valence-electron chi connectivity index (χ4n) is 4.45. The molecule has 9 heteroatoms. The zero-order valence-corrected chi connectivity index (χ0v) is 20.6. The lowest BCUT2D eigenvalue weighted by atomic mass is 9.67. The lowest BCUT2D eigenvalue weighted by Crippen LogP contribution is -2.28. The molecule has 6 nitrogen and oxygen atoms in total. The summed E-state index contributed by atoms with van der Waals surface area (Å²) in [6, 6.07) is 0. The number of carbonyl (C=O) groups excluding carboxylic acids is 2. The van der Waals surface area contributed by atoms with Gasteiger partial charge in [0.2, 0.25) is 0 Å². The lowest BCUT2D eigenvalue weighted by Gasteiger charge is -2.38. The summed E-state index contributed by atoms with van der Waals surface area (Å²) in [5.41, 5.74) is -1.95. The largest absolute Gasteiger partial charge is 0.469 e. The summed E-state index contributed by atoms with van der Waals surface area (Å²) in [5.74, 6) is -2.43. The summed E-state index contributed by atoms with van der Waals surface area (Å²) in [6.45, 7) is 11.3. The predicted molar refractivity (Wildman–Crippen MR) is 115 cm³/mol. The summed E-state index contributed by atoms with van der Waals surface area (Å²) in [7, 11) is 1.20. The second-order valence-electron chi connectivity index (χ2n) is 11.2. The van der Waals surface area contributed by atoms with E-state index in [1.54, 1.807) is 20.8 Å². The molecule has 0 amide bonds. The Kier molecular flexibility index (Phi) is 8.28. The molecule has 188 valence electrons. The Hall–Kier alpha value is -2.06. The van der Waals surface area contributed by atoms with Crippen molar-refractivity contribution in [3.05, 3.63) is 17.0 Å². The quantitative estimate of drug-likeness (QED) is 0.405. The van der Waals surface area contributed by atoms with Crippen molar-refractivity contribution in [1.82, 2.24) is 5.16 Å². The monoisotopic (exact) mass is 475 g/mol. The van der Waals surface area contributed by atoms with Crippen LogP contribution in [0.5, 0.6) is 0 Å². The minimum absolute atomic E-state index is 0.0434. The number of ether oxygens (including phenoxy) is 2. The van der Waals surface area contributed by atoms with Crippen LogP contribution in [0.25, 0.3) is 0 Å². The van der Waals surface area contributed by atoms with Gasteiger partial charge in [-0.05, 0) is 57.8 Å². The van der Waals surface area contributed by atoms with Gasteiger partial charge in [-0.2, -0.15) is 13.2 Å². The van der Waals surface area contributed by atoms with E-state index in [1.165, 1.54) is 7.11 Å². The molecule has 1 aliphatic carbocycles. The molecule has 0 saturated heterocycles. The number of nitrogens with zero attached hydrogens (tertiary/aromatic N) is 1. The molecule has 1 unspecified atom stereocenters. The standard InChI is InChI=1S/C24H36F3NO5/c1-22(2,3)13-14-10-16(11-14)21-19(24(25,26)27)20(28-33-21)15(8-9-17(29)31-7)12-18(30)32-23(4,5)6/h14-16H,8-13H2,1-7H3. The smallest absolute Gasteiger partial charge is 0.421 e. The second-order valence-corrected chi connectivity index (χ2v) is 11.2. The van der Waals surface area contributed by atoms with Gasteiger partial charge in [0, 0.05) is 18.3 Å². The topological polar surface area (TPSA) is 78.6 Å². The van der Waals surface area contributed by atoms with Gasteiger partial charge in [0.15, 0.2) is 5.76 Å². The van der Waals surface area contributed by atoms with Crippen LogP contribution in [0.15, 0.2) is 4.52 Å². The van der Waals surface area contributed by atoms with Gasteiger partial charge in [-0.25, -0.2) is 0 Å².